The lowest BCUT2D eigenvalue weighted by Crippen LogP contribution is -2.15. The Morgan fingerprint density at radius 3 is 2.50 bits per heavy atom. The third kappa shape index (κ3) is 3.16. The lowest BCUT2D eigenvalue weighted by Gasteiger charge is -2.11. The van der Waals surface area contributed by atoms with E-state index in [4.69, 9.17) is 5.73 Å². The molecule has 0 fully saturated rings. The van der Waals surface area contributed by atoms with E-state index in [2.05, 4.69) is 37.2 Å². The van der Waals surface area contributed by atoms with Crippen LogP contribution in [0.3, 0.4) is 0 Å². The Labute approximate surface area is 130 Å². The van der Waals surface area contributed by atoms with Gasteiger partial charge in [0.05, 0.1) is 16.9 Å². The highest BCUT2D eigenvalue weighted by Crippen LogP contribution is 2.33. The van der Waals surface area contributed by atoms with E-state index in [0.29, 0.717) is 10.2 Å². The number of amides is 1. The number of carbonyl (C=O) groups excluding carboxylic acids is 1. The lowest BCUT2D eigenvalue weighted by molar-refractivity contribution is 0.102. The molecule has 3 N–H and O–H groups in total. The van der Waals surface area contributed by atoms with Gasteiger partial charge in [0.2, 0.25) is 0 Å². The monoisotopic (exact) mass is 404 g/mol. The molecule has 2 aromatic rings. The molecule has 0 spiro atoms. The van der Waals surface area contributed by atoms with Crippen LogP contribution in [0, 0.1) is 11.6 Å². The van der Waals surface area contributed by atoms with Crippen molar-refractivity contribution < 1.29 is 13.6 Å². The number of hydrogen-bond donors (Lipinski definition) is 2. The van der Waals surface area contributed by atoms with Gasteiger partial charge in [0.1, 0.15) is 11.6 Å². The average Bonchev–Trinajstić information content (AvgIpc) is 2.36. The summed E-state index contributed by atoms with van der Waals surface area (Å²) in [7, 11) is 0. The van der Waals surface area contributed by atoms with E-state index in [9.17, 15) is 13.6 Å². The molecule has 1 amide bonds. The average molecular weight is 406 g/mol. The SMILES string of the molecule is Nc1cc(Br)cc(Br)c1NC(=O)c1cc(F)ccc1F. The molecule has 0 radical (unpaired) electrons. The Morgan fingerprint density at radius 1 is 1.15 bits per heavy atom. The van der Waals surface area contributed by atoms with Gasteiger partial charge in [0.25, 0.3) is 5.91 Å². The van der Waals surface area contributed by atoms with Crippen LogP contribution in [-0.4, -0.2) is 5.91 Å². The standard InChI is InChI=1S/C13H8Br2F2N2O/c14-6-3-9(15)12(11(18)4-6)19-13(20)8-5-7(16)1-2-10(8)17/h1-5H,18H2,(H,19,20). The van der Waals surface area contributed by atoms with Crippen LogP contribution in [0.25, 0.3) is 0 Å². The lowest BCUT2D eigenvalue weighted by atomic mass is 10.2. The van der Waals surface area contributed by atoms with Gasteiger partial charge in [-0.25, -0.2) is 8.78 Å². The Hall–Kier alpha value is -1.47. The minimum atomic E-state index is -0.810. The molecular formula is C13H8Br2F2N2O. The highest BCUT2D eigenvalue weighted by Gasteiger charge is 2.16. The first-order chi connectivity index (χ1) is 9.38. The zero-order valence-corrected chi connectivity index (χ0v) is 13.1. The second kappa shape index (κ2) is 5.88. The molecular weight excluding hydrogens is 398 g/mol. The van der Waals surface area contributed by atoms with Crippen molar-refractivity contribution in [1.29, 1.82) is 0 Å². The fourth-order valence-corrected chi connectivity index (χ4v) is 2.94. The molecule has 104 valence electrons. The minimum absolute atomic E-state index is 0.288. The third-order valence-corrected chi connectivity index (χ3v) is 3.58. The van der Waals surface area contributed by atoms with Crippen LogP contribution in [0.15, 0.2) is 39.3 Å². The van der Waals surface area contributed by atoms with E-state index < -0.39 is 17.5 Å². The maximum Gasteiger partial charge on any atom is 0.258 e. The number of nitrogen functional groups attached to an aromatic ring is 1. The molecule has 0 unspecified atom stereocenters. The quantitative estimate of drug-likeness (QED) is 0.731. The van der Waals surface area contributed by atoms with Gasteiger partial charge in [-0.15, -0.1) is 0 Å². The number of rotatable bonds is 2. The van der Waals surface area contributed by atoms with Crippen molar-refractivity contribution in [2.24, 2.45) is 0 Å². The fraction of sp³-hybridized carbons (Fsp3) is 0. The predicted octanol–water partition coefficient (Wildman–Crippen LogP) is 4.32. The summed E-state index contributed by atoms with van der Waals surface area (Å²) in [5.74, 6) is -2.29. The maximum atomic E-state index is 13.5. The smallest absolute Gasteiger partial charge is 0.258 e. The minimum Gasteiger partial charge on any atom is -0.397 e. The molecule has 0 aliphatic heterocycles. The maximum absolute atomic E-state index is 13.5. The van der Waals surface area contributed by atoms with Gasteiger partial charge in [-0.1, -0.05) is 15.9 Å². The Balaban J connectivity index is 2.35. The molecule has 20 heavy (non-hydrogen) atoms. The molecule has 0 atom stereocenters. The van der Waals surface area contributed by atoms with Crippen LogP contribution in [-0.2, 0) is 0 Å². The van der Waals surface area contributed by atoms with Gasteiger partial charge in [-0.05, 0) is 46.3 Å². The van der Waals surface area contributed by atoms with Gasteiger partial charge in [-0.3, -0.25) is 4.79 Å². The van der Waals surface area contributed by atoms with Gasteiger partial charge in [0.15, 0.2) is 0 Å². The van der Waals surface area contributed by atoms with Crippen molar-refractivity contribution in [3.05, 3.63) is 56.5 Å². The van der Waals surface area contributed by atoms with Gasteiger partial charge in [0, 0.05) is 8.95 Å². The molecule has 0 heterocycles. The predicted molar refractivity (Wildman–Crippen MR) is 80.6 cm³/mol. The summed E-state index contributed by atoms with van der Waals surface area (Å²) >= 11 is 6.49. The highest BCUT2D eigenvalue weighted by molar-refractivity contribution is 9.11. The zero-order chi connectivity index (χ0) is 14.9. The van der Waals surface area contributed by atoms with Gasteiger partial charge >= 0.3 is 0 Å². The van der Waals surface area contributed by atoms with Crippen molar-refractivity contribution in [2.45, 2.75) is 0 Å². The molecule has 3 nitrogen and oxygen atoms in total. The summed E-state index contributed by atoms with van der Waals surface area (Å²) in [5, 5.41) is 2.45. The van der Waals surface area contributed by atoms with E-state index in [-0.39, 0.29) is 11.3 Å². The normalized spacial score (nSPS) is 10.4. The molecule has 0 aromatic heterocycles. The molecule has 0 aliphatic carbocycles. The molecule has 2 rings (SSSR count). The molecule has 0 aliphatic rings. The summed E-state index contributed by atoms with van der Waals surface area (Å²) in [6.07, 6.45) is 0. The third-order valence-electron chi connectivity index (χ3n) is 2.50. The van der Waals surface area contributed by atoms with Crippen LogP contribution in [0.2, 0.25) is 0 Å². The van der Waals surface area contributed by atoms with Crippen LogP contribution in [0.5, 0.6) is 0 Å². The van der Waals surface area contributed by atoms with Crippen LogP contribution >= 0.6 is 31.9 Å². The topological polar surface area (TPSA) is 55.1 Å². The second-order valence-electron chi connectivity index (χ2n) is 3.93. The van der Waals surface area contributed by atoms with Crippen LogP contribution in [0.4, 0.5) is 20.2 Å². The summed E-state index contributed by atoms with van der Waals surface area (Å²) in [5.41, 5.74) is 5.97. The van der Waals surface area contributed by atoms with Crippen molar-refractivity contribution in [3.63, 3.8) is 0 Å². The fourth-order valence-electron chi connectivity index (χ4n) is 1.58. The first kappa shape index (κ1) is 14.9. The van der Waals surface area contributed by atoms with E-state index in [1.165, 1.54) is 0 Å². The van der Waals surface area contributed by atoms with Crippen molar-refractivity contribution in [2.75, 3.05) is 11.1 Å². The second-order valence-corrected chi connectivity index (χ2v) is 5.70. The molecule has 7 heteroatoms. The van der Waals surface area contributed by atoms with E-state index in [1.807, 2.05) is 0 Å². The number of carbonyl (C=O) groups is 1. The van der Waals surface area contributed by atoms with E-state index >= 15 is 0 Å². The molecule has 0 saturated carbocycles. The van der Waals surface area contributed by atoms with Crippen molar-refractivity contribution >= 4 is 49.1 Å². The zero-order valence-electron chi connectivity index (χ0n) is 9.88. The number of nitrogens with two attached hydrogens (primary N) is 1. The van der Waals surface area contributed by atoms with E-state index in [1.54, 1.807) is 12.1 Å². The van der Waals surface area contributed by atoms with Crippen molar-refractivity contribution in [1.82, 2.24) is 0 Å². The van der Waals surface area contributed by atoms with Crippen LogP contribution < -0.4 is 11.1 Å². The summed E-state index contributed by atoms with van der Waals surface area (Å²) in [6.45, 7) is 0. The molecule has 0 saturated heterocycles. The van der Waals surface area contributed by atoms with Gasteiger partial charge in [-0.2, -0.15) is 0 Å². The van der Waals surface area contributed by atoms with E-state index in [0.717, 1.165) is 22.7 Å². The number of anilines is 2. The Kier molecular flexibility index (Phi) is 4.39. The van der Waals surface area contributed by atoms with Crippen LogP contribution in [0.1, 0.15) is 10.4 Å². The summed E-state index contributed by atoms with van der Waals surface area (Å²) < 4.78 is 27.8. The molecule has 0 bridgehead atoms. The highest BCUT2D eigenvalue weighted by atomic mass is 79.9. The largest absolute Gasteiger partial charge is 0.397 e. The first-order valence-corrected chi connectivity index (χ1v) is 6.98. The number of halogens is 4. The summed E-state index contributed by atoms with van der Waals surface area (Å²) in [6, 6.07) is 5.92. The van der Waals surface area contributed by atoms with Crippen molar-refractivity contribution in [3.8, 4) is 0 Å². The molecule has 2 aromatic carbocycles. The summed E-state index contributed by atoms with van der Waals surface area (Å²) in [4.78, 5) is 12.0. The Bertz CT molecular complexity index is 669. The van der Waals surface area contributed by atoms with Gasteiger partial charge < -0.3 is 11.1 Å². The number of nitrogens with one attached hydrogen (secondary N) is 1. The number of hydrogen-bond acceptors (Lipinski definition) is 2. The Morgan fingerprint density at radius 2 is 1.85 bits per heavy atom. The first-order valence-electron chi connectivity index (χ1n) is 5.39. The number of benzene rings is 2.